The summed E-state index contributed by atoms with van der Waals surface area (Å²) in [6.07, 6.45) is 3.16. The molecule has 1 aliphatic rings. The highest BCUT2D eigenvalue weighted by Crippen LogP contribution is 2.44. The highest BCUT2D eigenvalue weighted by atomic mass is 16.5. The molecular formula is C26H24N2O6. The fourth-order valence-electron chi connectivity index (χ4n) is 3.99. The summed E-state index contributed by atoms with van der Waals surface area (Å²) >= 11 is 0. The summed E-state index contributed by atoms with van der Waals surface area (Å²) < 4.78 is 16.3. The van der Waals surface area contributed by atoms with Crippen molar-refractivity contribution >= 4 is 23.1 Å². The molecule has 4 rings (SSSR count). The smallest absolute Gasteiger partial charge is 0.300 e. The van der Waals surface area contributed by atoms with Crippen LogP contribution in [0.5, 0.6) is 17.2 Å². The number of hydrogen-bond acceptors (Lipinski definition) is 7. The van der Waals surface area contributed by atoms with Crippen molar-refractivity contribution in [2.45, 2.75) is 13.0 Å². The number of carbonyl (C=O) groups excluding carboxylic acids is 2. The topological polar surface area (TPSA) is 98.2 Å². The first-order valence-electron chi connectivity index (χ1n) is 10.7. The van der Waals surface area contributed by atoms with Gasteiger partial charge in [-0.3, -0.25) is 19.5 Å². The van der Waals surface area contributed by atoms with Gasteiger partial charge in [-0.2, -0.15) is 0 Å². The molecule has 174 valence electrons. The average Bonchev–Trinajstić information content (AvgIpc) is 3.14. The number of aromatic nitrogens is 1. The molecule has 0 spiro atoms. The van der Waals surface area contributed by atoms with E-state index in [0.29, 0.717) is 35.1 Å². The normalized spacial score (nSPS) is 17.0. The van der Waals surface area contributed by atoms with Gasteiger partial charge < -0.3 is 19.3 Å². The number of benzene rings is 2. The number of aliphatic hydroxyl groups is 1. The second-order valence-electron chi connectivity index (χ2n) is 7.45. The van der Waals surface area contributed by atoms with Crippen molar-refractivity contribution < 1.29 is 28.9 Å². The molecule has 8 heteroatoms. The van der Waals surface area contributed by atoms with Crippen LogP contribution in [-0.2, 0) is 9.59 Å². The largest absolute Gasteiger partial charge is 0.507 e. The maximum Gasteiger partial charge on any atom is 0.300 e. The van der Waals surface area contributed by atoms with Crippen molar-refractivity contribution in [3.05, 3.63) is 83.7 Å². The van der Waals surface area contributed by atoms with Crippen LogP contribution in [-0.4, -0.2) is 42.6 Å². The van der Waals surface area contributed by atoms with Gasteiger partial charge >= 0.3 is 0 Å². The molecule has 1 unspecified atom stereocenters. The minimum absolute atomic E-state index is 0.0774. The predicted octanol–water partition coefficient (Wildman–Crippen LogP) is 4.12. The maximum atomic E-state index is 13.3. The summed E-state index contributed by atoms with van der Waals surface area (Å²) in [5.74, 6) is -0.622. The molecule has 1 N–H and O–H groups in total. The van der Waals surface area contributed by atoms with Crippen LogP contribution in [0.3, 0.4) is 0 Å². The van der Waals surface area contributed by atoms with E-state index in [0.717, 1.165) is 0 Å². The molecule has 0 bridgehead atoms. The summed E-state index contributed by atoms with van der Waals surface area (Å²) in [7, 11) is 2.95. The number of amides is 1. The molecule has 0 saturated carbocycles. The van der Waals surface area contributed by atoms with Crippen LogP contribution in [0.4, 0.5) is 5.69 Å². The molecule has 34 heavy (non-hydrogen) atoms. The Morgan fingerprint density at radius 1 is 1.03 bits per heavy atom. The monoisotopic (exact) mass is 460 g/mol. The Labute approximate surface area is 197 Å². The first-order chi connectivity index (χ1) is 16.5. The first-order valence-corrected chi connectivity index (χ1v) is 10.7. The highest BCUT2D eigenvalue weighted by molar-refractivity contribution is 6.51. The third kappa shape index (κ3) is 4.05. The number of ether oxygens (including phenoxy) is 3. The lowest BCUT2D eigenvalue weighted by atomic mass is 9.95. The number of ketones is 1. The van der Waals surface area contributed by atoms with Crippen molar-refractivity contribution in [2.75, 3.05) is 25.7 Å². The zero-order valence-corrected chi connectivity index (χ0v) is 19.0. The second-order valence-corrected chi connectivity index (χ2v) is 7.45. The van der Waals surface area contributed by atoms with E-state index in [4.69, 9.17) is 14.2 Å². The molecule has 1 aromatic heterocycles. The van der Waals surface area contributed by atoms with Gasteiger partial charge in [-0.05, 0) is 48.9 Å². The minimum atomic E-state index is -0.915. The molecule has 1 fully saturated rings. The Hall–Kier alpha value is -4.33. The number of pyridine rings is 1. The van der Waals surface area contributed by atoms with Crippen LogP contribution >= 0.6 is 0 Å². The molecular weight excluding hydrogens is 436 g/mol. The number of methoxy groups -OCH3 is 2. The van der Waals surface area contributed by atoms with Gasteiger partial charge in [0.2, 0.25) is 0 Å². The summed E-state index contributed by atoms with van der Waals surface area (Å²) in [4.78, 5) is 32.1. The Balaban J connectivity index is 1.95. The van der Waals surface area contributed by atoms with Crippen molar-refractivity contribution in [1.29, 1.82) is 0 Å². The first kappa shape index (κ1) is 22.8. The van der Waals surface area contributed by atoms with Crippen molar-refractivity contribution in [1.82, 2.24) is 4.98 Å². The highest BCUT2D eigenvalue weighted by Gasteiger charge is 2.47. The van der Waals surface area contributed by atoms with Crippen molar-refractivity contribution in [3.8, 4) is 17.2 Å². The molecule has 2 heterocycles. The van der Waals surface area contributed by atoms with Gasteiger partial charge in [0.15, 0.2) is 0 Å². The van der Waals surface area contributed by atoms with Gasteiger partial charge in [-0.1, -0.05) is 12.1 Å². The quantitative estimate of drug-likeness (QED) is 0.322. The Kier molecular flexibility index (Phi) is 6.49. The average molecular weight is 460 g/mol. The van der Waals surface area contributed by atoms with E-state index >= 15 is 0 Å². The number of Topliss-reactive ketones (excluding diaryl/α,β-unsaturated/α-hetero) is 1. The molecule has 0 aliphatic carbocycles. The van der Waals surface area contributed by atoms with Gasteiger partial charge in [0.05, 0.1) is 38.0 Å². The van der Waals surface area contributed by atoms with Gasteiger partial charge in [0.25, 0.3) is 11.7 Å². The Morgan fingerprint density at radius 2 is 1.85 bits per heavy atom. The maximum absolute atomic E-state index is 13.3. The summed E-state index contributed by atoms with van der Waals surface area (Å²) in [5.41, 5.74) is 1.17. The zero-order chi connectivity index (χ0) is 24.2. The Morgan fingerprint density at radius 3 is 2.53 bits per heavy atom. The molecule has 3 aromatic rings. The lowest BCUT2D eigenvalue weighted by Crippen LogP contribution is -2.29. The lowest BCUT2D eigenvalue weighted by Gasteiger charge is -2.25. The van der Waals surface area contributed by atoms with Crippen LogP contribution < -0.4 is 19.1 Å². The molecule has 8 nitrogen and oxygen atoms in total. The standard InChI is InChI=1S/C26H24N2O6/c1-4-34-19-9-5-8-17(13-19)28-23(16-7-6-12-27-15-16)22(25(30)26(28)31)24(29)20-14-18(32-2)10-11-21(20)33-3/h5-15,23,29H,4H2,1-3H3/b24-22+. The fourth-order valence-corrected chi connectivity index (χ4v) is 3.99. The van der Waals surface area contributed by atoms with E-state index < -0.39 is 17.7 Å². The molecule has 1 saturated heterocycles. The summed E-state index contributed by atoms with van der Waals surface area (Å²) in [6, 6.07) is 14.3. The van der Waals surface area contributed by atoms with Gasteiger partial charge in [0.1, 0.15) is 23.0 Å². The molecule has 0 radical (unpaired) electrons. The van der Waals surface area contributed by atoms with Gasteiger partial charge in [-0.15, -0.1) is 0 Å². The zero-order valence-electron chi connectivity index (χ0n) is 19.0. The van der Waals surface area contributed by atoms with Crippen LogP contribution in [0.25, 0.3) is 5.76 Å². The molecule has 1 aliphatic heterocycles. The number of anilines is 1. The van der Waals surface area contributed by atoms with Gasteiger partial charge in [0, 0.05) is 24.1 Å². The van der Waals surface area contributed by atoms with Crippen LogP contribution in [0.2, 0.25) is 0 Å². The third-order valence-electron chi connectivity index (χ3n) is 5.51. The van der Waals surface area contributed by atoms with E-state index in [-0.39, 0.29) is 16.9 Å². The molecule has 2 aromatic carbocycles. The lowest BCUT2D eigenvalue weighted by molar-refractivity contribution is -0.132. The number of aliphatic hydroxyl groups excluding tert-OH is 1. The van der Waals surface area contributed by atoms with E-state index in [1.165, 1.54) is 19.1 Å². The fraction of sp³-hybridized carbons (Fsp3) is 0.192. The number of nitrogens with zero attached hydrogens (tertiary/aromatic N) is 2. The van der Waals surface area contributed by atoms with E-state index in [1.54, 1.807) is 67.0 Å². The third-order valence-corrected chi connectivity index (χ3v) is 5.51. The predicted molar refractivity (Wildman–Crippen MR) is 126 cm³/mol. The SMILES string of the molecule is CCOc1cccc(N2C(=O)C(=O)/C(=C(/O)c3cc(OC)ccc3OC)C2c2cccnc2)c1. The Bertz CT molecular complexity index is 1260. The number of carbonyl (C=O) groups is 2. The van der Waals surface area contributed by atoms with Crippen molar-refractivity contribution in [2.24, 2.45) is 0 Å². The van der Waals surface area contributed by atoms with E-state index in [2.05, 4.69) is 4.98 Å². The minimum Gasteiger partial charge on any atom is -0.507 e. The second kappa shape index (κ2) is 9.66. The van der Waals surface area contributed by atoms with Crippen LogP contribution in [0, 0.1) is 0 Å². The summed E-state index contributed by atoms with van der Waals surface area (Å²) in [6.45, 7) is 2.31. The number of rotatable bonds is 7. The van der Waals surface area contributed by atoms with Crippen LogP contribution in [0.1, 0.15) is 24.1 Å². The van der Waals surface area contributed by atoms with Gasteiger partial charge in [-0.25, -0.2) is 0 Å². The van der Waals surface area contributed by atoms with Crippen molar-refractivity contribution in [3.63, 3.8) is 0 Å². The van der Waals surface area contributed by atoms with E-state index in [9.17, 15) is 14.7 Å². The summed E-state index contributed by atoms with van der Waals surface area (Å²) in [5, 5.41) is 11.4. The number of hydrogen-bond donors (Lipinski definition) is 1. The molecule has 1 amide bonds. The van der Waals surface area contributed by atoms with Crippen LogP contribution in [0.15, 0.2) is 72.6 Å². The van der Waals surface area contributed by atoms with E-state index in [1.807, 2.05) is 6.92 Å². The molecule has 1 atom stereocenters.